The highest BCUT2D eigenvalue weighted by molar-refractivity contribution is 6.09. The molecule has 25 heavy (non-hydrogen) atoms. The summed E-state index contributed by atoms with van der Waals surface area (Å²) < 4.78 is 0. The normalized spacial score (nSPS) is 22.8. The maximum absolute atomic E-state index is 12.3. The van der Waals surface area contributed by atoms with Crippen molar-refractivity contribution in [2.75, 3.05) is 0 Å². The van der Waals surface area contributed by atoms with Crippen LogP contribution in [0.3, 0.4) is 0 Å². The van der Waals surface area contributed by atoms with E-state index in [1.807, 2.05) is 44.2 Å². The molecule has 4 N–H and O–H groups in total. The zero-order chi connectivity index (χ0) is 18.4. The Bertz CT molecular complexity index is 919. The van der Waals surface area contributed by atoms with E-state index in [9.17, 15) is 14.7 Å². The molecule has 1 atom stereocenters. The number of benzene rings is 1. The zero-order valence-corrected chi connectivity index (χ0v) is 14.4. The second-order valence-electron chi connectivity index (χ2n) is 6.92. The van der Waals surface area contributed by atoms with Gasteiger partial charge in [0.1, 0.15) is 5.70 Å². The van der Waals surface area contributed by atoms with Gasteiger partial charge in [-0.25, -0.2) is 0 Å². The third kappa shape index (κ3) is 2.85. The van der Waals surface area contributed by atoms with Crippen molar-refractivity contribution in [2.24, 2.45) is 0 Å². The number of fused-ring (bicyclic) bond motifs is 1. The number of allylic oxidation sites excluding steroid dienone is 1. The second-order valence-corrected chi connectivity index (χ2v) is 6.92. The summed E-state index contributed by atoms with van der Waals surface area (Å²) in [4.78, 5) is 27.6. The number of amides is 2. The summed E-state index contributed by atoms with van der Waals surface area (Å²) in [6.07, 6.45) is 3.45. The number of carbonyl (C=O) groups excluding carboxylic acids is 2. The molecule has 1 aromatic carbocycles. The third-order valence-corrected chi connectivity index (χ3v) is 4.48. The van der Waals surface area contributed by atoms with Crippen LogP contribution in [-0.2, 0) is 15.0 Å². The molecule has 0 saturated carbocycles. The lowest BCUT2D eigenvalue weighted by Crippen LogP contribution is -2.62. The van der Waals surface area contributed by atoms with Crippen LogP contribution in [0.1, 0.15) is 32.0 Å². The fraction of sp³-hybridized carbons (Fsp3) is 0.263. The molecule has 1 saturated heterocycles. The van der Waals surface area contributed by atoms with Crippen LogP contribution in [-0.4, -0.2) is 27.6 Å². The molecule has 2 heterocycles. The Morgan fingerprint density at radius 2 is 1.92 bits per heavy atom. The van der Waals surface area contributed by atoms with Gasteiger partial charge in [-0.15, -0.1) is 6.58 Å². The van der Waals surface area contributed by atoms with Crippen molar-refractivity contribution in [3.8, 4) is 0 Å². The quantitative estimate of drug-likeness (QED) is 0.508. The molecule has 1 aromatic heterocycles. The van der Waals surface area contributed by atoms with Crippen LogP contribution in [0.15, 0.2) is 42.6 Å². The second kappa shape index (κ2) is 5.60. The average Bonchev–Trinajstić information content (AvgIpc) is 2.92. The van der Waals surface area contributed by atoms with Crippen LogP contribution in [0.2, 0.25) is 0 Å². The van der Waals surface area contributed by atoms with Gasteiger partial charge in [0.15, 0.2) is 0 Å². The van der Waals surface area contributed by atoms with Crippen molar-refractivity contribution in [3.05, 3.63) is 53.9 Å². The van der Waals surface area contributed by atoms with Crippen molar-refractivity contribution in [3.63, 3.8) is 0 Å². The monoisotopic (exact) mass is 339 g/mol. The van der Waals surface area contributed by atoms with Crippen molar-refractivity contribution in [1.82, 2.24) is 15.6 Å². The molecule has 1 aliphatic heterocycles. The number of aromatic amines is 1. The summed E-state index contributed by atoms with van der Waals surface area (Å²) in [6, 6.07) is 7.73. The van der Waals surface area contributed by atoms with E-state index in [1.54, 1.807) is 6.08 Å². The van der Waals surface area contributed by atoms with Crippen LogP contribution >= 0.6 is 0 Å². The van der Waals surface area contributed by atoms with Crippen LogP contribution in [0.25, 0.3) is 17.0 Å². The van der Waals surface area contributed by atoms with E-state index in [2.05, 4.69) is 22.2 Å². The Labute approximate surface area is 145 Å². The van der Waals surface area contributed by atoms with Gasteiger partial charge in [0, 0.05) is 27.6 Å². The molecule has 0 aliphatic carbocycles. The van der Waals surface area contributed by atoms with E-state index in [4.69, 9.17) is 0 Å². The summed E-state index contributed by atoms with van der Waals surface area (Å²) in [5.74, 6) is -1.22. The average molecular weight is 339 g/mol. The minimum atomic E-state index is -1.92. The summed E-state index contributed by atoms with van der Waals surface area (Å²) in [6.45, 7) is 9.14. The van der Waals surface area contributed by atoms with Crippen molar-refractivity contribution in [2.45, 2.75) is 31.9 Å². The van der Waals surface area contributed by atoms with Crippen LogP contribution in [0.4, 0.5) is 0 Å². The molecule has 0 bridgehead atoms. The molecule has 3 rings (SSSR count). The molecule has 6 heteroatoms. The molecular formula is C19H21N3O3. The molecule has 0 radical (unpaired) electrons. The predicted molar refractivity (Wildman–Crippen MR) is 96.4 cm³/mol. The highest BCUT2D eigenvalue weighted by Gasteiger charge is 2.39. The lowest BCUT2D eigenvalue weighted by Gasteiger charge is -2.29. The fourth-order valence-corrected chi connectivity index (χ4v) is 2.82. The van der Waals surface area contributed by atoms with Gasteiger partial charge in [0.05, 0.1) is 0 Å². The minimum absolute atomic E-state index is 0.0855. The number of hydrogen-bond acceptors (Lipinski definition) is 3. The Morgan fingerprint density at radius 1 is 1.24 bits per heavy atom. The number of aliphatic hydroxyl groups is 1. The number of rotatable bonds is 3. The number of aromatic nitrogens is 1. The molecule has 130 valence electrons. The molecule has 1 unspecified atom stereocenters. The zero-order valence-electron chi connectivity index (χ0n) is 14.4. The van der Waals surface area contributed by atoms with Gasteiger partial charge in [-0.05, 0) is 19.1 Å². The number of para-hydroxylation sites is 1. The van der Waals surface area contributed by atoms with E-state index < -0.39 is 17.5 Å². The third-order valence-electron chi connectivity index (χ3n) is 4.48. The van der Waals surface area contributed by atoms with Crippen LogP contribution in [0, 0.1) is 0 Å². The predicted octanol–water partition coefficient (Wildman–Crippen LogP) is 1.93. The lowest BCUT2D eigenvalue weighted by atomic mass is 9.86. The van der Waals surface area contributed by atoms with Gasteiger partial charge in [-0.1, -0.05) is 38.1 Å². The van der Waals surface area contributed by atoms with Gasteiger partial charge in [-0.2, -0.15) is 0 Å². The summed E-state index contributed by atoms with van der Waals surface area (Å²) >= 11 is 0. The Kier molecular flexibility index (Phi) is 3.80. The van der Waals surface area contributed by atoms with Gasteiger partial charge in [0.2, 0.25) is 5.72 Å². The van der Waals surface area contributed by atoms with E-state index in [0.717, 1.165) is 22.2 Å². The summed E-state index contributed by atoms with van der Waals surface area (Å²) in [5.41, 5.74) is 0.406. The van der Waals surface area contributed by atoms with Gasteiger partial charge < -0.3 is 20.7 Å². The number of carbonyl (C=O) groups is 2. The molecule has 2 aromatic rings. The standard InChI is InChI=1S/C19H21N3O3/c1-5-18(2,3)15-12(11-8-6-7-9-13(11)20-15)10-14-16(23)22-19(4,25)17(24)21-14/h5-10,20,25H,1H2,2-4H3,(H,21,24)(H,22,23). The minimum Gasteiger partial charge on any atom is -0.363 e. The number of hydrogen-bond donors (Lipinski definition) is 4. The highest BCUT2D eigenvalue weighted by Crippen LogP contribution is 2.34. The summed E-state index contributed by atoms with van der Waals surface area (Å²) in [5, 5.41) is 15.6. The van der Waals surface area contributed by atoms with Crippen molar-refractivity contribution < 1.29 is 14.7 Å². The van der Waals surface area contributed by atoms with Crippen molar-refractivity contribution in [1.29, 1.82) is 0 Å². The maximum atomic E-state index is 12.3. The Hall–Kier alpha value is -2.86. The topological polar surface area (TPSA) is 94.2 Å². The fourth-order valence-electron chi connectivity index (χ4n) is 2.82. The molecule has 6 nitrogen and oxygen atoms in total. The van der Waals surface area contributed by atoms with Gasteiger partial charge in [-0.3, -0.25) is 9.59 Å². The molecule has 1 fully saturated rings. The number of nitrogens with one attached hydrogen (secondary N) is 3. The van der Waals surface area contributed by atoms with E-state index >= 15 is 0 Å². The molecule has 2 amide bonds. The first-order chi connectivity index (χ1) is 11.7. The SMILES string of the molecule is C=CC(C)(C)c1[nH]c2ccccc2c1C=C1NC(=O)C(C)(O)NC1=O. The van der Waals surface area contributed by atoms with Crippen LogP contribution in [0.5, 0.6) is 0 Å². The van der Waals surface area contributed by atoms with Crippen LogP contribution < -0.4 is 10.6 Å². The first-order valence-corrected chi connectivity index (χ1v) is 7.98. The lowest BCUT2D eigenvalue weighted by molar-refractivity contribution is -0.149. The van der Waals surface area contributed by atoms with E-state index in [-0.39, 0.29) is 11.1 Å². The molecule has 0 spiro atoms. The smallest absolute Gasteiger partial charge is 0.277 e. The molecular weight excluding hydrogens is 318 g/mol. The number of piperazine rings is 1. The van der Waals surface area contributed by atoms with Gasteiger partial charge >= 0.3 is 0 Å². The van der Waals surface area contributed by atoms with Gasteiger partial charge in [0.25, 0.3) is 11.8 Å². The number of H-pyrrole nitrogens is 1. The largest absolute Gasteiger partial charge is 0.363 e. The van der Waals surface area contributed by atoms with E-state index in [1.165, 1.54) is 6.92 Å². The Morgan fingerprint density at radius 3 is 2.60 bits per heavy atom. The summed E-state index contributed by atoms with van der Waals surface area (Å²) in [7, 11) is 0. The molecule has 1 aliphatic rings. The first kappa shape index (κ1) is 17.0. The van der Waals surface area contributed by atoms with E-state index in [0.29, 0.717) is 0 Å². The van der Waals surface area contributed by atoms with Crippen molar-refractivity contribution >= 4 is 28.8 Å². The Balaban J connectivity index is 2.18. The highest BCUT2D eigenvalue weighted by atomic mass is 16.3. The maximum Gasteiger partial charge on any atom is 0.277 e. The first-order valence-electron chi connectivity index (χ1n) is 7.98.